The number of aldehydes is 1. The molecular weight excluding hydrogens is 172 g/mol. The molecule has 1 saturated heterocycles. The maximum atomic E-state index is 11.2. The molecule has 1 heterocycles. The largest absolute Gasteiger partial charge is 0.325 e. The molecule has 1 fully saturated rings. The number of hydrogen-bond donors (Lipinski definition) is 1. The first-order valence-electron chi connectivity index (χ1n) is 4.15. The molecule has 5 heteroatoms. The summed E-state index contributed by atoms with van der Waals surface area (Å²) < 4.78 is 0. The van der Waals surface area contributed by atoms with Crippen molar-refractivity contribution in [2.75, 3.05) is 13.1 Å². The van der Waals surface area contributed by atoms with Crippen molar-refractivity contribution < 1.29 is 14.4 Å². The zero-order valence-electron chi connectivity index (χ0n) is 7.23. The summed E-state index contributed by atoms with van der Waals surface area (Å²) >= 11 is 0. The van der Waals surface area contributed by atoms with Crippen LogP contribution in [0, 0.1) is 0 Å². The van der Waals surface area contributed by atoms with Gasteiger partial charge in [0.25, 0.3) is 0 Å². The van der Waals surface area contributed by atoms with E-state index in [1.54, 1.807) is 0 Å². The highest BCUT2D eigenvalue weighted by molar-refractivity contribution is 5.90. The minimum atomic E-state index is -0.464. The van der Waals surface area contributed by atoms with Gasteiger partial charge in [0.1, 0.15) is 6.29 Å². The summed E-state index contributed by atoms with van der Waals surface area (Å²) in [6, 6.07) is -0.464. The number of ketones is 1. The standard InChI is InChI=1S/C8H12N2O3/c9-3-8(13)10-4-7(12)2-1-6(10)5-11/h5-6H,1-4,9H2/t6-/m0/s1. The summed E-state index contributed by atoms with van der Waals surface area (Å²) in [5, 5.41) is 0. The van der Waals surface area contributed by atoms with E-state index in [0.29, 0.717) is 19.1 Å². The minimum absolute atomic E-state index is 0.0140. The second kappa shape index (κ2) is 4.13. The predicted molar refractivity (Wildman–Crippen MR) is 44.9 cm³/mol. The lowest BCUT2D eigenvalue weighted by Gasteiger charge is -2.30. The van der Waals surface area contributed by atoms with Crippen molar-refractivity contribution in [2.45, 2.75) is 18.9 Å². The van der Waals surface area contributed by atoms with Gasteiger partial charge in [0.05, 0.1) is 19.1 Å². The fourth-order valence-electron chi connectivity index (χ4n) is 1.38. The van der Waals surface area contributed by atoms with Gasteiger partial charge in [0.2, 0.25) is 5.91 Å². The van der Waals surface area contributed by atoms with Crippen molar-refractivity contribution in [3.63, 3.8) is 0 Å². The molecule has 0 aromatic rings. The van der Waals surface area contributed by atoms with Gasteiger partial charge in [0, 0.05) is 6.42 Å². The summed E-state index contributed by atoms with van der Waals surface area (Å²) in [4.78, 5) is 34.0. The molecule has 72 valence electrons. The highest BCUT2D eigenvalue weighted by Gasteiger charge is 2.29. The molecule has 0 aliphatic carbocycles. The van der Waals surface area contributed by atoms with Gasteiger partial charge >= 0.3 is 0 Å². The van der Waals surface area contributed by atoms with Crippen molar-refractivity contribution in [3.8, 4) is 0 Å². The molecule has 0 bridgehead atoms. The number of piperidine rings is 1. The molecule has 1 amide bonds. The van der Waals surface area contributed by atoms with Crippen molar-refractivity contribution in [3.05, 3.63) is 0 Å². The molecular formula is C8H12N2O3. The zero-order valence-corrected chi connectivity index (χ0v) is 7.23. The van der Waals surface area contributed by atoms with E-state index in [1.807, 2.05) is 0 Å². The highest BCUT2D eigenvalue weighted by Crippen LogP contribution is 2.12. The molecule has 2 N–H and O–H groups in total. The van der Waals surface area contributed by atoms with Crippen LogP contribution >= 0.6 is 0 Å². The van der Waals surface area contributed by atoms with E-state index in [2.05, 4.69) is 0 Å². The molecule has 1 atom stereocenters. The van der Waals surface area contributed by atoms with E-state index in [1.165, 1.54) is 4.90 Å². The van der Waals surface area contributed by atoms with E-state index in [0.717, 1.165) is 0 Å². The number of nitrogens with two attached hydrogens (primary N) is 1. The molecule has 0 unspecified atom stereocenters. The lowest BCUT2D eigenvalue weighted by atomic mass is 10.0. The third-order valence-corrected chi connectivity index (χ3v) is 2.12. The molecule has 0 radical (unpaired) electrons. The van der Waals surface area contributed by atoms with E-state index >= 15 is 0 Å². The molecule has 5 nitrogen and oxygen atoms in total. The monoisotopic (exact) mass is 184 g/mol. The Morgan fingerprint density at radius 1 is 1.69 bits per heavy atom. The first kappa shape index (κ1) is 9.85. The van der Waals surface area contributed by atoms with Crippen LogP contribution in [0.5, 0.6) is 0 Å². The Bertz CT molecular complexity index is 240. The fourth-order valence-corrected chi connectivity index (χ4v) is 1.38. The zero-order chi connectivity index (χ0) is 9.84. The second-order valence-electron chi connectivity index (χ2n) is 3.01. The Kier molecular flexibility index (Phi) is 3.13. The summed E-state index contributed by atoms with van der Waals surface area (Å²) in [6.07, 6.45) is 1.49. The number of amides is 1. The number of likely N-dealkylation sites (tertiary alicyclic amines) is 1. The van der Waals surface area contributed by atoms with Crippen molar-refractivity contribution in [2.24, 2.45) is 5.73 Å². The normalized spacial score (nSPS) is 23.0. The SMILES string of the molecule is NCC(=O)N1CC(=O)CC[C@H]1C=O. The number of hydrogen-bond acceptors (Lipinski definition) is 4. The van der Waals surface area contributed by atoms with E-state index in [-0.39, 0.29) is 24.8 Å². The van der Waals surface area contributed by atoms with Crippen molar-refractivity contribution >= 4 is 18.0 Å². The lowest BCUT2D eigenvalue weighted by molar-refractivity contribution is -0.141. The predicted octanol–water partition coefficient (Wildman–Crippen LogP) is -1.30. The van der Waals surface area contributed by atoms with Gasteiger partial charge in [-0.05, 0) is 6.42 Å². The van der Waals surface area contributed by atoms with Crippen LogP contribution < -0.4 is 5.73 Å². The van der Waals surface area contributed by atoms with Crippen molar-refractivity contribution in [1.29, 1.82) is 0 Å². The Labute approximate surface area is 75.9 Å². The summed E-state index contributed by atoms with van der Waals surface area (Å²) in [7, 11) is 0. The molecule has 0 aromatic heterocycles. The minimum Gasteiger partial charge on any atom is -0.325 e. The van der Waals surface area contributed by atoms with E-state index in [9.17, 15) is 14.4 Å². The van der Waals surface area contributed by atoms with Gasteiger partial charge in [-0.3, -0.25) is 9.59 Å². The first-order chi connectivity index (χ1) is 6.19. The molecule has 13 heavy (non-hydrogen) atoms. The quantitative estimate of drug-likeness (QED) is 0.541. The average molecular weight is 184 g/mol. The van der Waals surface area contributed by atoms with Crippen LogP contribution in [0.15, 0.2) is 0 Å². The molecule has 1 rings (SSSR count). The van der Waals surface area contributed by atoms with Gasteiger partial charge in [-0.25, -0.2) is 0 Å². The van der Waals surface area contributed by atoms with Gasteiger partial charge in [0.15, 0.2) is 5.78 Å². The average Bonchev–Trinajstić information content (AvgIpc) is 2.16. The van der Waals surface area contributed by atoms with E-state index in [4.69, 9.17) is 5.73 Å². The maximum absolute atomic E-state index is 11.2. The molecule has 1 aliphatic heterocycles. The smallest absolute Gasteiger partial charge is 0.237 e. The number of Topliss-reactive ketones (excluding diaryl/α,β-unsaturated/α-hetero) is 1. The van der Waals surface area contributed by atoms with Gasteiger partial charge in [-0.15, -0.1) is 0 Å². The number of carbonyl (C=O) groups is 3. The summed E-state index contributed by atoms with van der Waals surface area (Å²) in [6.45, 7) is -0.128. The summed E-state index contributed by atoms with van der Waals surface area (Å²) in [5.41, 5.74) is 5.15. The van der Waals surface area contributed by atoms with Gasteiger partial charge in [-0.1, -0.05) is 0 Å². The van der Waals surface area contributed by atoms with Crippen LogP contribution in [-0.2, 0) is 14.4 Å². The van der Waals surface area contributed by atoms with Crippen LogP contribution in [0.3, 0.4) is 0 Å². The number of carbonyl (C=O) groups excluding carboxylic acids is 3. The Hall–Kier alpha value is -1.23. The fraction of sp³-hybridized carbons (Fsp3) is 0.625. The maximum Gasteiger partial charge on any atom is 0.237 e. The third-order valence-electron chi connectivity index (χ3n) is 2.12. The van der Waals surface area contributed by atoms with Crippen LogP contribution in [0.25, 0.3) is 0 Å². The molecule has 0 aromatic carbocycles. The van der Waals surface area contributed by atoms with Crippen LogP contribution in [0.2, 0.25) is 0 Å². The van der Waals surface area contributed by atoms with Crippen LogP contribution in [-0.4, -0.2) is 42.0 Å². The van der Waals surface area contributed by atoms with Crippen LogP contribution in [0.1, 0.15) is 12.8 Å². The lowest BCUT2D eigenvalue weighted by Crippen LogP contribution is -2.50. The molecule has 0 saturated carbocycles. The Balaban J connectivity index is 2.70. The first-order valence-corrected chi connectivity index (χ1v) is 4.15. The Morgan fingerprint density at radius 2 is 2.38 bits per heavy atom. The topological polar surface area (TPSA) is 80.5 Å². The van der Waals surface area contributed by atoms with Crippen molar-refractivity contribution in [1.82, 2.24) is 4.90 Å². The van der Waals surface area contributed by atoms with Crippen LogP contribution in [0.4, 0.5) is 0 Å². The highest BCUT2D eigenvalue weighted by atomic mass is 16.2. The molecule has 1 aliphatic rings. The second-order valence-corrected chi connectivity index (χ2v) is 3.01. The Morgan fingerprint density at radius 3 is 2.92 bits per heavy atom. The van der Waals surface area contributed by atoms with Gasteiger partial charge in [-0.2, -0.15) is 0 Å². The van der Waals surface area contributed by atoms with Gasteiger partial charge < -0.3 is 15.4 Å². The molecule has 0 spiro atoms. The number of nitrogens with zero attached hydrogens (tertiary/aromatic N) is 1. The number of rotatable bonds is 2. The van der Waals surface area contributed by atoms with E-state index < -0.39 is 6.04 Å². The summed E-state index contributed by atoms with van der Waals surface area (Å²) in [5.74, 6) is -0.356. The third kappa shape index (κ3) is 2.12.